The third kappa shape index (κ3) is 5.70. The molecule has 3 fully saturated rings. The van der Waals surface area contributed by atoms with Crippen molar-refractivity contribution in [2.24, 2.45) is 5.92 Å². The highest BCUT2D eigenvalue weighted by Gasteiger charge is 2.48. The zero-order valence-corrected chi connectivity index (χ0v) is 19.6. The van der Waals surface area contributed by atoms with Gasteiger partial charge in [0.05, 0.1) is 13.2 Å². The maximum Gasteiger partial charge on any atom is 0.411 e. The molecule has 3 rings (SSSR count). The van der Waals surface area contributed by atoms with Crippen LogP contribution < -0.4 is 0 Å². The summed E-state index contributed by atoms with van der Waals surface area (Å²) in [7, 11) is 1.32. The lowest BCUT2D eigenvalue weighted by molar-refractivity contribution is -0.148. The molecule has 1 aliphatic carbocycles. The number of esters is 1. The molecule has 8 heteroatoms. The van der Waals surface area contributed by atoms with E-state index in [4.69, 9.17) is 14.2 Å². The van der Waals surface area contributed by atoms with E-state index in [2.05, 4.69) is 6.92 Å². The largest absolute Gasteiger partial charge is 0.467 e. The van der Waals surface area contributed by atoms with Crippen molar-refractivity contribution in [3.05, 3.63) is 0 Å². The van der Waals surface area contributed by atoms with Crippen LogP contribution in [0.2, 0.25) is 0 Å². The molecule has 0 unspecified atom stereocenters. The summed E-state index contributed by atoms with van der Waals surface area (Å²) >= 11 is 0. The zero-order chi connectivity index (χ0) is 22.8. The smallest absolute Gasteiger partial charge is 0.411 e. The van der Waals surface area contributed by atoms with Crippen molar-refractivity contribution in [1.29, 1.82) is 0 Å². The lowest BCUT2D eigenvalue weighted by atomic mass is 9.85. The third-order valence-corrected chi connectivity index (χ3v) is 6.61. The van der Waals surface area contributed by atoms with Gasteiger partial charge in [0.2, 0.25) is 0 Å². The van der Waals surface area contributed by atoms with Gasteiger partial charge >= 0.3 is 12.1 Å². The first-order chi connectivity index (χ1) is 14.6. The highest BCUT2D eigenvalue weighted by molar-refractivity contribution is 5.84. The molecule has 31 heavy (non-hydrogen) atoms. The molecule has 0 bridgehead atoms. The molecular weight excluding hydrogens is 400 g/mol. The molecular formula is C23H38N2O6. The van der Waals surface area contributed by atoms with E-state index < -0.39 is 29.8 Å². The average Bonchev–Trinajstić information content (AvgIpc) is 3.38. The first-order valence-electron chi connectivity index (χ1n) is 11.6. The number of ether oxygens (including phenoxy) is 3. The van der Waals surface area contributed by atoms with Crippen molar-refractivity contribution < 1.29 is 28.6 Å². The van der Waals surface area contributed by atoms with Gasteiger partial charge in [-0.1, -0.05) is 6.92 Å². The third-order valence-electron chi connectivity index (χ3n) is 6.61. The van der Waals surface area contributed by atoms with Gasteiger partial charge < -0.3 is 19.1 Å². The zero-order valence-electron chi connectivity index (χ0n) is 19.6. The van der Waals surface area contributed by atoms with Gasteiger partial charge in [-0.3, -0.25) is 9.69 Å². The van der Waals surface area contributed by atoms with Crippen molar-refractivity contribution in [2.45, 2.75) is 102 Å². The Morgan fingerprint density at radius 1 is 1.03 bits per heavy atom. The number of methoxy groups -OCH3 is 1. The van der Waals surface area contributed by atoms with Crippen LogP contribution in [0.3, 0.4) is 0 Å². The molecule has 0 aromatic carbocycles. The lowest BCUT2D eigenvalue weighted by Crippen LogP contribution is -2.53. The summed E-state index contributed by atoms with van der Waals surface area (Å²) in [6.07, 6.45) is 5.00. The predicted molar refractivity (Wildman–Crippen MR) is 114 cm³/mol. The van der Waals surface area contributed by atoms with Gasteiger partial charge in [-0.2, -0.15) is 0 Å². The normalized spacial score (nSPS) is 31.4. The van der Waals surface area contributed by atoms with Crippen molar-refractivity contribution in [3.8, 4) is 0 Å². The highest BCUT2D eigenvalue weighted by Crippen LogP contribution is 2.34. The van der Waals surface area contributed by atoms with Gasteiger partial charge in [0.1, 0.15) is 17.7 Å². The molecule has 2 heterocycles. The van der Waals surface area contributed by atoms with E-state index in [1.165, 1.54) is 12.0 Å². The van der Waals surface area contributed by atoms with Gasteiger partial charge in [-0.15, -0.1) is 0 Å². The van der Waals surface area contributed by atoms with Crippen molar-refractivity contribution >= 4 is 18.0 Å². The Bertz CT molecular complexity index is 661. The van der Waals surface area contributed by atoms with E-state index in [0.29, 0.717) is 18.9 Å². The van der Waals surface area contributed by atoms with Crippen LogP contribution >= 0.6 is 0 Å². The fourth-order valence-electron chi connectivity index (χ4n) is 5.01. The van der Waals surface area contributed by atoms with Crippen molar-refractivity contribution in [2.75, 3.05) is 20.3 Å². The van der Waals surface area contributed by atoms with Crippen LogP contribution in [-0.4, -0.2) is 77.9 Å². The fraction of sp³-hybridized carbons (Fsp3) is 0.870. The quantitative estimate of drug-likeness (QED) is 0.627. The second kappa shape index (κ2) is 9.76. The molecule has 0 aromatic rings. The molecule has 1 saturated carbocycles. The number of rotatable bonds is 4. The Kier molecular flexibility index (Phi) is 7.50. The fourth-order valence-corrected chi connectivity index (χ4v) is 5.01. The van der Waals surface area contributed by atoms with Crippen molar-refractivity contribution in [1.82, 2.24) is 9.80 Å². The predicted octanol–water partition coefficient (Wildman–Crippen LogP) is 3.12. The molecule has 0 radical (unpaired) electrons. The first-order valence-corrected chi connectivity index (χ1v) is 11.6. The Balaban J connectivity index is 1.84. The number of carbonyl (C=O) groups excluding carboxylic acids is 3. The van der Waals surface area contributed by atoms with Crippen LogP contribution in [0.1, 0.15) is 72.6 Å². The first kappa shape index (κ1) is 23.8. The standard InChI is InChI=1S/C23H38N2O6/c1-15-8-10-16(11-9-15)25(20(26)19-7-6-12-30-19)17-13-18(21(27)29-5)24(14-17)22(28)31-23(2,3)4/h15-19H,6-14H2,1-5H3/t15-,16+,17-,18-,19-/m0/s1. The Morgan fingerprint density at radius 2 is 1.71 bits per heavy atom. The van der Waals surface area contributed by atoms with Crippen LogP contribution in [0, 0.1) is 5.92 Å². The summed E-state index contributed by atoms with van der Waals surface area (Å²) in [6, 6.07) is -0.909. The molecule has 0 aromatic heterocycles. The molecule has 3 aliphatic rings. The number of likely N-dealkylation sites (tertiary alicyclic amines) is 1. The number of amides is 2. The van der Waals surface area contributed by atoms with Crippen LogP contribution in [0.25, 0.3) is 0 Å². The molecule has 0 N–H and O–H groups in total. The van der Waals surface area contributed by atoms with E-state index in [1.807, 2.05) is 4.90 Å². The van der Waals surface area contributed by atoms with E-state index in [9.17, 15) is 14.4 Å². The van der Waals surface area contributed by atoms with E-state index >= 15 is 0 Å². The summed E-state index contributed by atoms with van der Waals surface area (Å²) in [5, 5.41) is 0. The highest BCUT2D eigenvalue weighted by atomic mass is 16.6. The average molecular weight is 439 g/mol. The monoisotopic (exact) mass is 438 g/mol. The van der Waals surface area contributed by atoms with Gasteiger partial charge in [0.15, 0.2) is 0 Å². The van der Waals surface area contributed by atoms with Gasteiger partial charge in [0, 0.05) is 25.6 Å². The number of nitrogens with zero attached hydrogens (tertiary/aromatic N) is 2. The Hall–Kier alpha value is -1.83. The van der Waals surface area contributed by atoms with Gasteiger partial charge in [-0.05, 0) is 65.2 Å². The summed E-state index contributed by atoms with van der Waals surface area (Å²) in [6.45, 7) is 8.49. The molecule has 176 valence electrons. The van der Waals surface area contributed by atoms with Crippen LogP contribution in [0.4, 0.5) is 4.79 Å². The number of carbonyl (C=O) groups is 3. The molecule has 2 amide bonds. The maximum atomic E-state index is 13.5. The van der Waals surface area contributed by atoms with Gasteiger partial charge in [0.25, 0.3) is 5.91 Å². The maximum absolute atomic E-state index is 13.5. The second-order valence-corrected chi connectivity index (χ2v) is 10.2. The van der Waals surface area contributed by atoms with Crippen LogP contribution in [-0.2, 0) is 23.8 Å². The number of hydrogen-bond acceptors (Lipinski definition) is 6. The summed E-state index contributed by atoms with van der Waals surface area (Å²) in [4.78, 5) is 42.3. The van der Waals surface area contributed by atoms with E-state index in [-0.39, 0.29) is 24.5 Å². The Morgan fingerprint density at radius 3 is 2.26 bits per heavy atom. The van der Waals surface area contributed by atoms with Crippen molar-refractivity contribution in [3.63, 3.8) is 0 Å². The molecule has 0 spiro atoms. The lowest BCUT2D eigenvalue weighted by Gasteiger charge is -2.41. The number of hydrogen-bond donors (Lipinski definition) is 0. The minimum Gasteiger partial charge on any atom is -0.467 e. The summed E-state index contributed by atoms with van der Waals surface area (Å²) in [5.74, 6) is 0.174. The molecule has 2 aliphatic heterocycles. The Labute approximate surface area is 185 Å². The topological polar surface area (TPSA) is 85.4 Å². The summed E-state index contributed by atoms with van der Waals surface area (Å²) < 4.78 is 16.2. The SMILES string of the molecule is COC(=O)[C@@H]1C[C@H](N(C(=O)[C@@H]2CCCO2)[C@H]2CC[C@@H](C)CC2)CN1C(=O)OC(C)(C)C. The minimum atomic E-state index is -0.757. The van der Waals surface area contributed by atoms with Gasteiger partial charge in [-0.25, -0.2) is 9.59 Å². The van der Waals surface area contributed by atoms with E-state index in [0.717, 1.165) is 38.5 Å². The van der Waals surface area contributed by atoms with Crippen LogP contribution in [0.15, 0.2) is 0 Å². The second-order valence-electron chi connectivity index (χ2n) is 10.2. The van der Waals surface area contributed by atoms with Crippen LogP contribution in [0.5, 0.6) is 0 Å². The summed E-state index contributed by atoms with van der Waals surface area (Å²) in [5.41, 5.74) is -0.678. The molecule has 8 nitrogen and oxygen atoms in total. The molecule has 3 atom stereocenters. The molecule has 2 saturated heterocycles. The van der Waals surface area contributed by atoms with E-state index in [1.54, 1.807) is 20.8 Å². The minimum absolute atomic E-state index is 0.00305.